The van der Waals surface area contributed by atoms with Crippen molar-refractivity contribution >= 4 is 10.1 Å². The van der Waals surface area contributed by atoms with Crippen molar-refractivity contribution in [2.45, 2.75) is 63.8 Å². The maximum atomic E-state index is 11.3. The van der Waals surface area contributed by atoms with Crippen LogP contribution in [0, 0.1) is 6.92 Å². The van der Waals surface area contributed by atoms with Gasteiger partial charge < -0.3 is 4.55 Å². The normalized spacial score (nSPS) is 11.6. The molecule has 4 nitrogen and oxygen atoms in total. The van der Waals surface area contributed by atoms with Crippen molar-refractivity contribution in [3.05, 3.63) is 48.2 Å². The zero-order valence-corrected chi connectivity index (χ0v) is 15.9. The Morgan fingerprint density at radius 1 is 1.00 bits per heavy atom. The average Bonchev–Trinajstić information content (AvgIpc) is 2.58. The van der Waals surface area contributed by atoms with Crippen molar-refractivity contribution in [3.63, 3.8) is 0 Å². The molecule has 0 aliphatic carbocycles. The van der Waals surface area contributed by atoms with Crippen LogP contribution in [0.25, 0.3) is 11.3 Å². The Bertz CT molecular complexity index is 800. The first-order chi connectivity index (χ1) is 11.9. The van der Waals surface area contributed by atoms with Crippen LogP contribution >= 0.6 is 0 Å². The van der Waals surface area contributed by atoms with E-state index >= 15 is 0 Å². The number of unbranched alkanes of at least 4 members (excludes halogenated alkanes) is 5. The molecule has 0 amide bonds. The number of hydrogen-bond acceptors (Lipinski definition) is 3. The summed E-state index contributed by atoms with van der Waals surface area (Å²) >= 11 is 0. The number of nitrogens with zero attached hydrogens (tertiary/aromatic N) is 1. The van der Waals surface area contributed by atoms with Gasteiger partial charge in [0.05, 0.1) is 10.5 Å². The summed E-state index contributed by atoms with van der Waals surface area (Å²) in [7, 11) is -4.45. The molecule has 25 heavy (non-hydrogen) atoms. The topological polar surface area (TPSA) is 61.1 Å². The molecule has 0 bridgehead atoms. The molecule has 0 fully saturated rings. The number of rotatable bonds is 9. The molecule has 0 unspecified atom stereocenters. The van der Waals surface area contributed by atoms with E-state index in [0.29, 0.717) is 0 Å². The minimum atomic E-state index is -4.45. The Balaban J connectivity index is 2.20. The predicted molar refractivity (Wildman–Crippen MR) is 98.1 cm³/mol. The molecule has 1 aromatic carbocycles. The second kappa shape index (κ2) is 9.11. The fourth-order valence-corrected chi connectivity index (χ4v) is 3.51. The van der Waals surface area contributed by atoms with Crippen LogP contribution in [-0.4, -0.2) is 13.0 Å². The molecule has 0 radical (unpaired) electrons. The van der Waals surface area contributed by atoms with E-state index in [9.17, 15) is 13.0 Å². The number of aryl methyl sites for hydroxylation is 2. The third kappa shape index (κ3) is 5.65. The first kappa shape index (κ1) is 19.6. The van der Waals surface area contributed by atoms with E-state index < -0.39 is 10.1 Å². The van der Waals surface area contributed by atoms with Crippen molar-refractivity contribution in [1.82, 2.24) is 0 Å². The molecule has 0 atom stereocenters. The lowest BCUT2D eigenvalue weighted by atomic mass is 10.0. The van der Waals surface area contributed by atoms with Crippen LogP contribution in [0.5, 0.6) is 0 Å². The SMILES string of the molecule is CCCCCCCC[n+]1ccccc1-c1cc(S(=O)(=O)[O-])ccc1C. The largest absolute Gasteiger partial charge is 0.744 e. The molecule has 2 rings (SSSR count). The molecule has 0 saturated carbocycles. The van der Waals surface area contributed by atoms with Gasteiger partial charge in [-0.3, -0.25) is 0 Å². The molecule has 1 aromatic heterocycles. The standard InChI is InChI=1S/C20H27NO3S/c1-3-4-5-6-7-9-14-21-15-10-8-11-20(21)19-16-18(25(22,23)24)13-12-17(19)2/h8,10-13,15-16H,3-7,9,14H2,1-2H3. The summed E-state index contributed by atoms with van der Waals surface area (Å²) in [5, 5.41) is 0. The minimum absolute atomic E-state index is 0.178. The van der Waals surface area contributed by atoms with E-state index in [4.69, 9.17) is 0 Å². The number of hydrogen-bond donors (Lipinski definition) is 0. The van der Waals surface area contributed by atoms with E-state index in [0.717, 1.165) is 29.8 Å². The molecular formula is C20H27NO3S. The van der Waals surface area contributed by atoms with Gasteiger partial charge in [0, 0.05) is 18.6 Å². The quantitative estimate of drug-likeness (QED) is 0.382. The van der Waals surface area contributed by atoms with Gasteiger partial charge in [0.1, 0.15) is 16.7 Å². The molecule has 0 spiro atoms. The number of pyridine rings is 1. The van der Waals surface area contributed by atoms with Crippen LogP contribution in [0.1, 0.15) is 51.0 Å². The van der Waals surface area contributed by atoms with Crippen LogP contribution in [0.4, 0.5) is 0 Å². The maximum absolute atomic E-state index is 11.3. The van der Waals surface area contributed by atoms with E-state index in [1.54, 1.807) is 6.07 Å². The number of aromatic nitrogens is 1. The molecule has 136 valence electrons. The number of benzene rings is 1. The maximum Gasteiger partial charge on any atom is 0.212 e. The van der Waals surface area contributed by atoms with Crippen LogP contribution < -0.4 is 4.57 Å². The summed E-state index contributed by atoms with van der Waals surface area (Å²) in [6, 6.07) is 10.4. The highest BCUT2D eigenvalue weighted by Crippen LogP contribution is 2.24. The van der Waals surface area contributed by atoms with Gasteiger partial charge in [0.2, 0.25) is 5.69 Å². The molecule has 0 aliphatic heterocycles. The van der Waals surface area contributed by atoms with Gasteiger partial charge in [0.15, 0.2) is 6.20 Å². The van der Waals surface area contributed by atoms with E-state index in [1.165, 1.54) is 44.2 Å². The monoisotopic (exact) mass is 361 g/mol. The summed E-state index contributed by atoms with van der Waals surface area (Å²) in [6.07, 6.45) is 9.36. The first-order valence-corrected chi connectivity index (χ1v) is 10.4. The Labute approximate surface area is 151 Å². The van der Waals surface area contributed by atoms with Gasteiger partial charge in [-0.25, -0.2) is 8.42 Å². The second-order valence-electron chi connectivity index (χ2n) is 6.48. The Morgan fingerprint density at radius 3 is 2.44 bits per heavy atom. The lowest BCUT2D eigenvalue weighted by Crippen LogP contribution is -2.35. The summed E-state index contributed by atoms with van der Waals surface area (Å²) in [5.74, 6) is 0. The zero-order chi connectivity index (χ0) is 18.3. The van der Waals surface area contributed by atoms with Crippen LogP contribution in [0.15, 0.2) is 47.5 Å². The van der Waals surface area contributed by atoms with E-state index in [2.05, 4.69) is 11.5 Å². The van der Waals surface area contributed by atoms with Gasteiger partial charge in [-0.15, -0.1) is 0 Å². The van der Waals surface area contributed by atoms with Gasteiger partial charge >= 0.3 is 0 Å². The molecule has 2 aromatic rings. The molecule has 0 N–H and O–H groups in total. The third-order valence-corrected chi connectivity index (χ3v) is 5.30. The lowest BCUT2D eigenvalue weighted by molar-refractivity contribution is -0.686. The van der Waals surface area contributed by atoms with Gasteiger partial charge in [-0.1, -0.05) is 38.7 Å². The fourth-order valence-electron chi connectivity index (χ4n) is 3.01. The van der Waals surface area contributed by atoms with Gasteiger partial charge in [-0.05, 0) is 37.1 Å². The van der Waals surface area contributed by atoms with Crippen molar-refractivity contribution in [2.24, 2.45) is 0 Å². The Morgan fingerprint density at radius 2 is 1.72 bits per heavy atom. The van der Waals surface area contributed by atoms with Crippen molar-refractivity contribution < 1.29 is 17.5 Å². The molecule has 0 saturated heterocycles. The molecule has 0 aliphatic rings. The second-order valence-corrected chi connectivity index (χ2v) is 7.86. The highest BCUT2D eigenvalue weighted by Gasteiger charge is 2.16. The highest BCUT2D eigenvalue weighted by atomic mass is 32.2. The van der Waals surface area contributed by atoms with Crippen molar-refractivity contribution in [1.29, 1.82) is 0 Å². The summed E-state index contributed by atoms with van der Waals surface area (Å²) in [6.45, 7) is 5.03. The van der Waals surface area contributed by atoms with Gasteiger partial charge in [-0.2, -0.15) is 4.57 Å². The third-order valence-electron chi connectivity index (χ3n) is 4.47. The smallest absolute Gasteiger partial charge is 0.212 e. The summed E-state index contributed by atoms with van der Waals surface area (Å²) < 4.78 is 36.2. The van der Waals surface area contributed by atoms with Crippen LogP contribution in [-0.2, 0) is 16.7 Å². The summed E-state index contributed by atoms with van der Waals surface area (Å²) in [5.41, 5.74) is 2.69. The summed E-state index contributed by atoms with van der Waals surface area (Å²) in [4.78, 5) is -0.178. The van der Waals surface area contributed by atoms with Crippen LogP contribution in [0.3, 0.4) is 0 Å². The molecule has 1 heterocycles. The fraction of sp³-hybridized carbons (Fsp3) is 0.450. The lowest BCUT2D eigenvalue weighted by Gasteiger charge is -2.11. The highest BCUT2D eigenvalue weighted by molar-refractivity contribution is 7.85. The van der Waals surface area contributed by atoms with Crippen molar-refractivity contribution in [2.75, 3.05) is 0 Å². The predicted octanol–water partition coefficient (Wildman–Crippen LogP) is 4.21. The Kier molecular flexibility index (Phi) is 7.14. The minimum Gasteiger partial charge on any atom is -0.744 e. The van der Waals surface area contributed by atoms with Crippen molar-refractivity contribution in [3.8, 4) is 11.3 Å². The van der Waals surface area contributed by atoms with E-state index in [1.807, 2.05) is 31.3 Å². The average molecular weight is 362 g/mol. The first-order valence-electron chi connectivity index (χ1n) is 8.99. The Hall–Kier alpha value is -1.72. The molecule has 5 heteroatoms. The van der Waals surface area contributed by atoms with Crippen LogP contribution in [0.2, 0.25) is 0 Å². The van der Waals surface area contributed by atoms with Gasteiger partial charge in [0.25, 0.3) is 0 Å². The molecular weight excluding hydrogens is 334 g/mol. The van der Waals surface area contributed by atoms with E-state index in [-0.39, 0.29) is 4.90 Å². The zero-order valence-electron chi connectivity index (χ0n) is 15.1.